The molecule has 1 fully saturated rings. The molecule has 5 aromatic rings. The Labute approximate surface area is 253 Å². The van der Waals surface area contributed by atoms with Gasteiger partial charge in [0, 0.05) is 29.6 Å². The molecule has 44 heavy (non-hydrogen) atoms. The number of rotatable bonds is 7. The zero-order valence-electron chi connectivity index (χ0n) is 23.9. The average molecular weight is 589 g/mol. The molecule has 2 aliphatic rings. The van der Waals surface area contributed by atoms with E-state index in [-0.39, 0.29) is 23.0 Å². The van der Waals surface area contributed by atoms with E-state index < -0.39 is 24.0 Å². The minimum absolute atomic E-state index is 0.220. The third-order valence-corrected chi connectivity index (χ3v) is 8.48. The van der Waals surface area contributed by atoms with Crippen molar-refractivity contribution in [2.75, 3.05) is 18.6 Å². The lowest BCUT2D eigenvalue weighted by molar-refractivity contribution is -0.120. The lowest BCUT2D eigenvalue weighted by Crippen LogP contribution is -2.44. The fourth-order valence-corrected chi connectivity index (χ4v) is 6.36. The van der Waals surface area contributed by atoms with E-state index in [9.17, 15) is 18.8 Å². The molecule has 1 aromatic heterocycles. The number of amides is 4. The van der Waals surface area contributed by atoms with Crippen LogP contribution in [0.25, 0.3) is 10.9 Å². The Bertz CT molecular complexity index is 1900. The second-order valence-corrected chi connectivity index (χ2v) is 11.0. The number of ether oxygens (including phenoxy) is 1. The largest absolute Gasteiger partial charge is 0.497 e. The zero-order chi connectivity index (χ0) is 30.4. The number of para-hydroxylation sites is 2. The number of benzene rings is 4. The van der Waals surface area contributed by atoms with Crippen LogP contribution < -0.4 is 15.0 Å². The molecular weight excluding hydrogens is 559 g/mol. The highest BCUT2D eigenvalue weighted by atomic mass is 19.1. The molecule has 0 bridgehead atoms. The summed E-state index contributed by atoms with van der Waals surface area (Å²) >= 11 is 0. The Morgan fingerprint density at radius 2 is 1.68 bits per heavy atom. The van der Waals surface area contributed by atoms with Gasteiger partial charge in [0.05, 0.1) is 18.4 Å². The molecule has 2 aliphatic heterocycles. The van der Waals surface area contributed by atoms with Gasteiger partial charge in [-0.15, -0.1) is 0 Å². The molecule has 0 radical (unpaired) electrons. The Morgan fingerprint density at radius 3 is 2.45 bits per heavy atom. The molecule has 4 aromatic carbocycles. The molecule has 3 heterocycles. The van der Waals surface area contributed by atoms with Gasteiger partial charge in [-0.05, 0) is 65.6 Å². The van der Waals surface area contributed by atoms with Crippen molar-refractivity contribution in [2.45, 2.75) is 24.9 Å². The monoisotopic (exact) mass is 588 g/mol. The van der Waals surface area contributed by atoms with E-state index in [1.54, 1.807) is 48.4 Å². The molecule has 0 unspecified atom stereocenters. The standard InChI is InChI=1S/C35H29FN4O4/c1-44-24-16-12-22(13-17-24)32-31-27(25-6-2-4-8-28(25)38-31)20-30-34(42)40(35(43)39(30)32)29-9-5-3-7-26(29)33(41)37-19-18-21-10-14-23(36)15-11-21/h2-17,30,32,38H,18-20H2,1H3,(H,37,41)/t30-,32+/m0/s1. The van der Waals surface area contributed by atoms with Crippen LogP contribution in [0.3, 0.4) is 0 Å². The van der Waals surface area contributed by atoms with Gasteiger partial charge < -0.3 is 15.0 Å². The minimum atomic E-state index is -0.754. The number of H-pyrrole nitrogens is 1. The maximum absolute atomic E-state index is 14.3. The van der Waals surface area contributed by atoms with E-state index >= 15 is 0 Å². The molecule has 8 nitrogen and oxygen atoms in total. The first-order chi connectivity index (χ1) is 21.4. The number of anilines is 1. The second-order valence-electron chi connectivity index (χ2n) is 11.0. The van der Waals surface area contributed by atoms with Crippen molar-refractivity contribution in [3.05, 3.63) is 131 Å². The maximum Gasteiger partial charge on any atom is 0.332 e. The summed E-state index contributed by atoms with van der Waals surface area (Å²) in [6.07, 6.45) is 0.847. The number of nitrogens with one attached hydrogen (secondary N) is 2. The van der Waals surface area contributed by atoms with E-state index in [2.05, 4.69) is 10.3 Å². The molecule has 2 atom stereocenters. The molecule has 7 rings (SSSR count). The lowest BCUT2D eigenvalue weighted by Gasteiger charge is -2.36. The number of carbonyl (C=O) groups is 3. The molecule has 0 spiro atoms. The number of aromatic nitrogens is 1. The molecular formula is C35H29FN4O4. The summed E-state index contributed by atoms with van der Waals surface area (Å²) in [5.74, 6) is -0.424. The van der Waals surface area contributed by atoms with Crippen molar-refractivity contribution in [3.8, 4) is 5.75 Å². The van der Waals surface area contributed by atoms with Gasteiger partial charge in [0.15, 0.2) is 0 Å². The van der Waals surface area contributed by atoms with Crippen LogP contribution in [0.4, 0.5) is 14.9 Å². The van der Waals surface area contributed by atoms with Crippen molar-refractivity contribution in [1.82, 2.24) is 15.2 Å². The third-order valence-electron chi connectivity index (χ3n) is 8.48. The van der Waals surface area contributed by atoms with Gasteiger partial charge in [-0.25, -0.2) is 14.1 Å². The summed E-state index contributed by atoms with van der Waals surface area (Å²) in [4.78, 5) is 48.2. The zero-order valence-corrected chi connectivity index (χ0v) is 23.9. The van der Waals surface area contributed by atoms with Crippen LogP contribution in [-0.2, 0) is 17.6 Å². The van der Waals surface area contributed by atoms with Gasteiger partial charge in [-0.1, -0.05) is 54.6 Å². The highest BCUT2D eigenvalue weighted by molar-refractivity contribution is 6.24. The number of nitrogens with zero attached hydrogens (tertiary/aromatic N) is 2. The topological polar surface area (TPSA) is 94.7 Å². The Morgan fingerprint density at radius 1 is 0.955 bits per heavy atom. The summed E-state index contributed by atoms with van der Waals surface area (Å²) in [5, 5.41) is 3.90. The van der Waals surface area contributed by atoms with Gasteiger partial charge >= 0.3 is 6.03 Å². The van der Waals surface area contributed by atoms with Gasteiger partial charge in [-0.3, -0.25) is 14.5 Å². The maximum atomic E-state index is 14.3. The van der Waals surface area contributed by atoms with Crippen molar-refractivity contribution >= 4 is 34.4 Å². The number of fused-ring (bicyclic) bond motifs is 4. The Balaban J connectivity index is 1.23. The van der Waals surface area contributed by atoms with Gasteiger partial charge in [0.25, 0.3) is 11.8 Å². The number of carbonyl (C=O) groups excluding carboxylic acids is 3. The first-order valence-corrected chi connectivity index (χ1v) is 14.5. The SMILES string of the molecule is COc1ccc([C@@H]2c3[nH]c4ccccc4c3C[C@H]3C(=O)N(c4ccccc4C(=O)NCCc4ccc(F)cc4)C(=O)N23)cc1. The summed E-state index contributed by atoms with van der Waals surface area (Å²) in [7, 11) is 1.60. The smallest absolute Gasteiger partial charge is 0.332 e. The van der Waals surface area contributed by atoms with E-state index in [0.717, 1.165) is 38.2 Å². The third kappa shape index (κ3) is 4.57. The van der Waals surface area contributed by atoms with Gasteiger partial charge in [0.2, 0.25) is 0 Å². The highest BCUT2D eigenvalue weighted by Crippen LogP contribution is 2.45. The lowest BCUT2D eigenvalue weighted by atomic mass is 9.89. The predicted octanol–water partition coefficient (Wildman–Crippen LogP) is 5.77. The summed E-state index contributed by atoms with van der Waals surface area (Å²) < 4.78 is 18.6. The summed E-state index contributed by atoms with van der Waals surface area (Å²) in [6, 6.07) is 26.4. The number of aromatic amines is 1. The van der Waals surface area contributed by atoms with E-state index in [0.29, 0.717) is 25.1 Å². The van der Waals surface area contributed by atoms with Crippen LogP contribution >= 0.6 is 0 Å². The summed E-state index contributed by atoms with van der Waals surface area (Å²) in [6.45, 7) is 0.302. The van der Waals surface area contributed by atoms with E-state index in [4.69, 9.17) is 4.74 Å². The quantitative estimate of drug-likeness (QED) is 0.236. The second kappa shape index (κ2) is 11.0. The van der Waals surface area contributed by atoms with Crippen LogP contribution in [-0.4, -0.2) is 47.4 Å². The Hall–Kier alpha value is -5.44. The first kappa shape index (κ1) is 27.4. The van der Waals surface area contributed by atoms with E-state index in [1.165, 1.54) is 12.1 Å². The number of methoxy groups -OCH3 is 1. The minimum Gasteiger partial charge on any atom is -0.497 e. The van der Waals surface area contributed by atoms with Gasteiger partial charge in [0.1, 0.15) is 23.7 Å². The van der Waals surface area contributed by atoms with Crippen LogP contribution in [0.5, 0.6) is 5.75 Å². The molecule has 9 heteroatoms. The van der Waals surface area contributed by atoms with Crippen LogP contribution in [0.1, 0.15) is 38.8 Å². The normalized spacial score (nSPS) is 17.5. The number of hydrogen-bond acceptors (Lipinski definition) is 4. The number of halogens is 1. The van der Waals surface area contributed by atoms with E-state index in [1.807, 2.05) is 48.5 Å². The molecule has 0 aliphatic carbocycles. The van der Waals surface area contributed by atoms with Crippen molar-refractivity contribution in [1.29, 1.82) is 0 Å². The molecule has 220 valence electrons. The average Bonchev–Trinajstić information content (AvgIpc) is 3.54. The molecule has 4 amide bonds. The van der Waals surface area contributed by atoms with Gasteiger partial charge in [-0.2, -0.15) is 0 Å². The number of hydrogen-bond donors (Lipinski definition) is 2. The Kier molecular flexibility index (Phi) is 6.85. The fourth-order valence-electron chi connectivity index (χ4n) is 6.36. The number of urea groups is 1. The van der Waals surface area contributed by atoms with Crippen LogP contribution in [0.2, 0.25) is 0 Å². The van der Waals surface area contributed by atoms with Crippen molar-refractivity contribution < 1.29 is 23.5 Å². The van der Waals surface area contributed by atoms with Crippen molar-refractivity contribution in [2.24, 2.45) is 0 Å². The fraction of sp³-hybridized carbons (Fsp3) is 0.171. The number of imide groups is 1. The highest BCUT2D eigenvalue weighted by Gasteiger charge is 2.53. The van der Waals surface area contributed by atoms with Crippen molar-refractivity contribution in [3.63, 3.8) is 0 Å². The van der Waals surface area contributed by atoms with Crippen LogP contribution in [0.15, 0.2) is 97.1 Å². The molecule has 1 saturated heterocycles. The first-order valence-electron chi connectivity index (χ1n) is 14.5. The van der Waals surface area contributed by atoms with Crippen LogP contribution in [0, 0.1) is 5.82 Å². The predicted molar refractivity (Wildman–Crippen MR) is 164 cm³/mol. The molecule has 2 N–H and O–H groups in total. The molecule has 0 saturated carbocycles. The summed E-state index contributed by atoms with van der Waals surface area (Å²) in [5.41, 5.74) is 4.97.